The van der Waals surface area contributed by atoms with E-state index in [1.807, 2.05) is 12.1 Å². The molecular formula is C17H21NO2S. The molecule has 0 saturated carbocycles. The molecule has 0 amide bonds. The zero-order chi connectivity index (χ0) is 15.5. The Labute approximate surface area is 126 Å². The van der Waals surface area contributed by atoms with Crippen LogP contribution in [0.2, 0.25) is 0 Å². The predicted octanol–water partition coefficient (Wildman–Crippen LogP) is 3.71. The Hall–Kier alpha value is -1.81. The van der Waals surface area contributed by atoms with Crippen LogP contribution in [0.5, 0.6) is 0 Å². The largest absolute Gasteiger partial charge is 0.381 e. The van der Waals surface area contributed by atoms with Crippen molar-refractivity contribution in [1.82, 2.24) is 0 Å². The molecule has 0 aromatic heterocycles. The van der Waals surface area contributed by atoms with Crippen LogP contribution in [0.25, 0.3) is 0 Å². The van der Waals surface area contributed by atoms with Gasteiger partial charge >= 0.3 is 0 Å². The van der Waals surface area contributed by atoms with Crippen LogP contribution in [0.1, 0.15) is 23.6 Å². The summed E-state index contributed by atoms with van der Waals surface area (Å²) >= 11 is 0. The highest BCUT2D eigenvalue weighted by Crippen LogP contribution is 2.18. The van der Waals surface area contributed by atoms with E-state index in [9.17, 15) is 8.42 Å². The first kappa shape index (κ1) is 15.6. The molecule has 2 rings (SSSR count). The lowest BCUT2D eigenvalue weighted by atomic mass is 10.0. The van der Waals surface area contributed by atoms with Gasteiger partial charge in [-0.1, -0.05) is 25.1 Å². The summed E-state index contributed by atoms with van der Waals surface area (Å²) in [5.41, 5.74) is 4.74. The maximum atomic E-state index is 11.8. The van der Waals surface area contributed by atoms with Crippen LogP contribution in [0.15, 0.2) is 47.4 Å². The molecule has 21 heavy (non-hydrogen) atoms. The van der Waals surface area contributed by atoms with Crippen LogP contribution < -0.4 is 5.32 Å². The van der Waals surface area contributed by atoms with Crippen molar-refractivity contribution >= 4 is 15.5 Å². The normalized spacial score (nSPS) is 11.4. The minimum Gasteiger partial charge on any atom is -0.381 e. The Morgan fingerprint density at radius 2 is 1.67 bits per heavy atom. The molecule has 0 bridgehead atoms. The highest BCUT2D eigenvalue weighted by molar-refractivity contribution is 7.91. The quantitative estimate of drug-likeness (QED) is 0.916. The molecule has 112 valence electrons. The van der Waals surface area contributed by atoms with Crippen molar-refractivity contribution in [3.63, 3.8) is 0 Å². The zero-order valence-corrected chi connectivity index (χ0v) is 13.5. The van der Waals surface area contributed by atoms with E-state index in [2.05, 4.69) is 37.4 Å². The zero-order valence-electron chi connectivity index (χ0n) is 12.7. The van der Waals surface area contributed by atoms with Gasteiger partial charge < -0.3 is 5.32 Å². The minimum absolute atomic E-state index is 0.127. The molecule has 0 unspecified atom stereocenters. The van der Waals surface area contributed by atoms with Gasteiger partial charge in [0.05, 0.1) is 10.6 Å². The van der Waals surface area contributed by atoms with Crippen molar-refractivity contribution in [2.45, 2.75) is 32.2 Å². The van der Waals surface area contributed by atoms with Gasteiger partial charge in [0.25, 0.3) is 0 Å². The number of sulfone groups is 1. The molecule has 0 heterocycles. The van der Waals surface area contributed by atoms with Gasteiger partial charge in [-0.25, -0.2) is 8.42 Å². The van der Waals surface area contributed by atoms with E-state index < -0.39 is 9.84 Å². The lowest BCUT2D eigenvalue weighted by Gasteiger charge is -2.11. The van der Waals surface area contributed by atoms with Crippen molar-refractivity contribution in [2.24, 2.45) is 0 Å². The fourth-order valence-corrected chi connectivity index (χ4v) is 3.03. The fraction of sp³-hybridized carbons (Fsp3) is 0.294. The summed E-state index contributed by atoms with van der Waals surface area (Å²) in [5.74, 6) is 0.127. The second-order valence-electron chi connectivity index (χ2n) is 5.14. The van der Waals surface area contributed by atoms with Gasteiger partial charge in [-0.3, -0.25) is 0 Å². The number of benzene rings is 2. The average Bonchev–Trinajstić information content (AvgIpc) is 2.49. The van der Waals surface area contributed by atoms with Crippen molar-refractivity contribution in [3.05, 3.63) is 59.2 Å². The maximum Gasteiger partial charge on any atom is 0.178 e. The Balaban J connectivity index is 2.09. The second-order valence-corrected chi connectivity index (χ2v) is 7.42. The van der Waals surface area contributed by atoms with Crippen LogP contribution >= 0.6 is 0 Å². The van der Waals surface area contributed by atoms with Crippen LogP contribution in [0, 0.1) is 13.8 Å². The van der Waals surface area contributed by atoms with Gasteiger partial charge in [-0.2, -0.15) is 0 Å². The van der Waals surface area contributed by atoms with Crippen molar-refractivity contribution in [3.8, 4) is 0 Å². The van der Waals surface area contributed by atoms with Crippen LogP contribution in [0.3, 0.4) is 0 Å². The molecule has 4 heteroatoms. The van der Waals surface area contributed by atoms with Crippen LogP contribution in [-0.2, 0) is 16.4 Å². The third-order valence-electron chi connectivity index (χ3n) is 3.79. The Morgan fingerprint density at radius 3 is 2.29 bits per heavy atom. The lowest BCUT2D eigenvalue weighted by Crippen LogP contribution is -2.05. The Bertz CT molecular complexity index is 719. The number of nitrogens with one attached hydrogen (secondary N) is 1. The molecule has 0 radical (unpaired) electrons. The molecule has 3 nitrogen and oxygen atoms in total. The maximum absolute atomic E-state index is 11.8. The molecule has 0 saturated heterocycles. The van der Waals surface area contributed by atoms with E-state index in [0.717, 1.165) is 12.2 Å². The first-order valence-corrected chi connectivity index (χ1v) is 8.71. The standard InChI is InChI=1S/C17H21NO2S/c1-4-21(19,20)17-10-8-16(9-11-17)18-12-15-7-5-6-13(2)14(15)3/h5-11,18H,4,12H2,1-3H3. The summed E-state index contributed by atoms with van der Waals surface area (Å²) in [4.78, 5) is 0.377. The third kappa shape index (κ3) is 3.64. The summed E-state index contributed by atoms with van der Waals surface area (Å²) in [5, 5.41) is 3.33. The SMILES string of the molecule is CCS(=O)(=O)c1ccc(NCc2cccc(C)c2C)cc1. The topological polar surface area (TPSA) is 46.2 Å². The smallest absolute Gasteiger partial charge is 0.178 e. The van der Waals surface area contributed by atoms with E-state index in [4.69, 9.17) is 0 Å². The summed E-state index contributed by atoms with van der Waals surface area (Å²) in [6.07, 6.45) is 0. The Kier molecular flexibility index (Phi) is 4.68. The lowest BCUT2D eigenvalue weighted by molar-refractivity contribution is 0.597. The van der Waals surface area contributed by atoms with Gasteiger partial charge in [0, 0.05) is 12.2 Å². The summed E-state index contributed by atoms with van der Waals surface area (Å²) < 4.78 is 23.5. The number of hydrogen-bond acceptors (Lipinski definition) is 3. The van der Waals surface area contributed by atoms with Gasteiger partial charge in [0.2, 0.25) is 0 Å². The summed E-state index contributed by atoms with van der Waals surface area (Å²) in [7, 11) is -3.12. The molecule has 0 aliphatic heterocycles. The molecule has 0 atom stereocenters. The average molecular weight is 303 g/mol. The minimum atomic E-state index is -3.12. The van der Waals surface area contributed by atoms with Crippen molar-refractivity contribution < 1.29 is 8.42 Å². The van der Waals surface area contributed by atoms with Gasteiger partial charge in [0.1, 0.15) is 0 Å². The molecule has 1 N–H and O–H groups in total. The van der Waals surface area contributed by atoms with Gasteiger partial charge in [0.15, 0.2) is 9.84 Å². The molecule has 0 spiro atoms. The molecule has 2 aromatic rings. The van der Waals surface area contributed by atoms with Gasteiger partial charge in [-0.15, -0.1) is 0 Å². The first-order valence-electron chi connectivity index (χ1n) is 7.06. The van der Waals surface area contributed by atoms with E-state index in [0.29, 0.717) is 4.90 Å². The molecular weight excluding hydrogens is 282 g/mol. The van der Waals surface area contributed by atoms with Crippen molar-refractivity contribution in [2.75, 3.05) is 11.1 Å². The fourth-order valence-electron chi connectivity index (χ4n) is 2.15. The summed E-state index contributed by atoms with van der Waals surface area (Å²) in [6.45, 7) is 6.60. The first-order chi connectivity index (χ1) is 9.94. The summed E-state index contributed by atoms with van der Waals surface area (Å²) in [6, 6.07) is 13.2. The molecule has 0 aliphatic rings. The number of rotatable bonds is 5. The third-order valence-corrected chi connectivity index (χ3v) is 5.54. The predicted molar refractivity (Wildman–Crippen MR) is 87.4 cm³/mol. The van der Waals surface area contributed by atoms with Crippen LogP contribution in [0.4, 0.5) is 5.69 Å². The van der Waals surface area contributed by atoms with E-state index in [1.165, 1.54) is 16.7 Å². The highest BCUT2D eigenvalue weighted by atomic mass is 32.2. The van der Waals surface area contributed by atoms with E-state index in [1.54, 1.807) is 19.1 Å². The van der Waals surface area contributed by atoms with E-state index >= 15 is 0 Å². The molecule has 2 aromatic carbocycles. The highest BCUT2D eigenvalue weighted by Gasteiger charge is 2.10. The molecule has 0 fully saturated rings. The number of aryl methyl sites for hydroxylation is 1. The van der Waals surface area contributed by atoms with Gasteiger partial charge in [-0.05, 0) is 54.8 Å². The number of anilines is 1. The Morgan fingerprint density at radius 1 is 1.00 bits per heavy atom. The van der Waals surface area contributed by atoms with E-state index in [-0.39, 0.29) is 5.75 Å². The monoisotopic (exact) mass is 303 g/mol. The van der Waals surface area contributed by atoms with Crippen molar-refractivity contribution in [1.29, 1.82) is 0 Å². The van der Waals surface area contributed by atoms with Crippen LogP contribution in [-0.4, -0.2) is 14.2 Å². The molecule has 0 aliphatic carbocycles. The number of hydrogen-bond donors (Lipinski definition) is 1. The second kappa shape index (κ2) is 6.31.